The van der Waals surface area contributed by atoms with Crippen molar-refractivity contribution >= 4 is 50.2 Å². The lowest BCUT2D eigenvalue weighted by Gasteiger charge is -2.46. The summed E-state index contributed by atoms with van der Waals surface area (Å²) in [5.74, 6) is 0.375. The number of hydrogen-bond donors (Lipinski definition) is 1. The second kappa shape index (κ2) is 8.56. The van der Waals surface area contributed by atoms with Crippen LogP contribution >= 0.6 is 23.1 Å². The van der Waals surface area contributed by atoms with Gasteiger partial charge in [-0.15, -0.1) is 11.8 Å². The first-order chi connectivity index (χ1) is 15.7. The average molecular weight is 487 g/mol. The second-order valence-corrected chi connectivity index (χ2v) is 13.3. The van der Waals surface area contributed by atoms with Gasteiger partial charge in [0.05, 0.1) is 10.2 Å². The number of carbonyl (C=O) groups excluding carboxylic acids is 2. The Kier molecular flexibility index (Phi) is 6.01. The number of carbonyl (C=O) groups is 2. The molecule has 3 aliphatic rings. The van der Waals surface area contributed by atoms with E-state index in [4.69, 9.17) is 10.5 Å². The molecule has 1 aromatic heterocycles. The van der Waals surface area contributed by atoms with Gasteiger partial charge >= 0.3 is 5.97 Å². The van der Waals surface area contributed by atoms with E-state index in [0.717, 1.165) is 46.4 Å². The Balaban J connectivity index is 1.46. The summed E-state index contributed by atoms with van der Waals surface area (Å²) in [7, 11) is 0. The second-order valence-electron chi connectivity index (χ2n) is 11.1. The SMILES string of the molecule is CC(C)(C)c1cc2nc(N)sc2cc1SC1C(=O)CC(C2CCCC2)(C2CCCC2)OC1=O. The van der Waals surface area contributed by atoms with Crippen LogP contribution < -0.4 is 5.73 Å². The summed E-state index contributed by atoms with van der Waals surface area (Å²) in [6.07, 6.45) is 9.39. The molecule has 3 fully saturated rings. The van der Waals surface area contributed by atoms with Gasteiger partial charge in [0.1, 0.15) is 5.60 Å². The number of rotatable bonds is 4. The van der Waals surface area contributed by atoms with Crippen LogP contribution in [0.5, 0.6) is 0 Å². The van der Waals surface area contributed by atoms with Crippen molar-refractivity contribution in [2.24, 2.45) is 11.8 Å². The number of aromatic nitrogens is 1. The monoisotopic (exact) mass is 486 g/mol. The Labute approximate surface area is 204 Å². The van der Waals surface area contributed by atoms with Gasteiger partial charge < -0.3 is 10.5 Å². The molecule has 0 bridgehead atoms. The van der Waals surface area contributed by atoms with E-state index in [1.807, 2.05) is 6.07 Å². The van der Waals surface area contributed by atoms with Crippen molar-refractivity contribution in [3.05, 3.63) is 17.7 Å². The summed E-state index contributed by atoms with van der Waals surface area (Å²) in [4.78, 5) is 32.5. The number of esters is 1. The molecule has 0 spiro atoms. The number of Topliss-reactive ketones (excluding diaryl/α,β-unsaturated/α-hetero) is 1. The van der Waals surface area contributed by atoms with Crippen molar-refractivity contribution in [2.45, 2.75) is 99.7 Å². The number of anilines is 1. The molecule has 1 aliphatic heterocycles. The minimum absolute atomic E-state index is 0.0406. The Hall–Kier alpha value is -1.60. The maximum atomic E-state index is 13.6. The van der Waals surface area contributed by atoms with Gasteiger partial charge in [0.25, 0.3) is 0 Å². The zero-order valence-corrected chi connectivity index (χ0v) is 21.4. The molecule has 7 heteroatoms. The van der Waals surface area contributed by atoms with Crippen molar-refractivity contribution in [1.82, 2.24) is 4.98 Å². The highest BCUT2D eigenvalue weighted by molar-refractivity contribution is 8.01. The van der Waals surface area contributed by atoms with E-state index in [-0.39, 0.29) is 17.2 Å². The Morgan fingerprint density at radius 3 is 2.21 bits per heavy atom. The molecule has 5 rings (SSSR count). The summed E-state index contributed by atoms with van der Waals surface area (Å²) in [6, 6.07) is 4.11. The van der Waals surface area contributed by atoms with Crippen LogP contribution in [0.15, 0.2) is 17.0 Å². The van der Waals surface area contributed by atoms with E-state index in [2.05, 4.69) is 31.8 Å². The zero-order chi connectivity index (χ0) is 23.4. The van der Waals surface area contributed by atoms with Gasteiger partial charge in [-0.2, -0.15) is 0 Å². The van der Waals surface area contributed by atoms with Gasteiger partial charge in [0, 0.05) is 11.3 Å². The molecule has 1 saturated heterocycles. The minimum atomic E-state index is -0.801. The van der Waals surface area contributed by atoms with Crippen LogP contribution in [0, 0.1) is 11.8 Å². The van der Waals surface area contributed by atoms with Crippen molar-refractivity contribution in [2.75, 3.05) is 5.73 Å². The number of nitrogens with two attached hydrogens (primary N) is 1. The fourth-order valence-electron chi connectivity index (χ4n) is 6.29. The molecule has 1 unspecified atom stereocenters. The summed E-state index contributed by atoms with van der Waals surface area (Å²) in [5.41, 5.74) is 7.17. The van der Waals surface area contributed by atoms with E-state index in [0.29, 0.717) is 23.4 Å². The topological polar surface area (TPSA) is 82.3 Å². The van der Waals surface area contributed by atoms with Gasteiger partial charge in [-0.3, -0.25) is 9.59 Å². The first kappa shape index (κ1) is 23.2. The molecule has 0 radical (unpaired) electrons. The fourth-order valence-corrected chi connectivity index (χ4v) is 8.41. The molecule has 2 aromatic rings. The molecule has 1 aromatic carbocycles. The average Bonchev–Trinajstić information content (AvgIpc) is 3.50. The van der Waals surface area contributed by atoms with E-state index in [1.165, 1.54) is 48.8 Å². The molecule has 0 amide bonds. The Morgan fingerprint density at radius 2 is 1.67 bits per heavy atom. The van der Waals surface area contributed by atoms with Crippen molar-refractivity contribution < 1.29 is 14.3 Å². The van der Waals surface area contributed by atoms with Gasteiger partial charge in [0.2, 0.25) is 0 Å². The van der Waals surface area contributed by atoms with Crippen LogP contribution in [-0.2, 0) is 19.7 Å². The van der Waals surface area contributed by atoms with Crippen LogP contribution in [-0.4, -0.2) is 27.6 Å². The largest absolute Gasteiger partial charge is 0.457 e. The summed E-state index contributed by atoms with van der Waals surface area (Å²) in [6.45, 7) is 6.42. The molecule has 2 heterocycles. The molecule has 2 saturated carbocycles. The summed E-state index contributed by atoms with van der Waals surface area (Å²) < 4.78 is 7.38. The van der Waals surface area contributed by atoms with E-state index in [9.17, 15) is 9.59 Å². The third-order valence-electron chi connectivity index (χ3n) is 7.90. The molecule has 1 atom stereocenters. The van der Waals surface area contributed by atoms with Gasteiger partial charge in [-0.25, -0.2) is 4.98 Å². The number of thioether (sulfide) groups is 1. The molecule has 2 N–H and O–H groups in total. The molecule has 5 nitrogen and oxygen atoms in total. The van der Waals surface area contributed by atoms with E-state index in [1.54, 1.807) is 0 Å². The zero-order valence-electron chi connectivity index (χ0n) is 19.8. The third kappa shape index (κ3) is 4.20. The lowest BCUT2D eigenvalue weighted by atomic mass is 9.70. The number of nitrogens with zero attached hydrogens (tertiary/aromatic N) is 1. The van der Waals surface area contributed by atoms with Gasteiger partial charge in [-0.05, 0) is 60.6 Å². The number of cyclic esters (lactones) is 1. The number of ketones is 1. The van der Waals surface area contributed by atoms with Crippen molar-refractivity contribution in [3.63, 3.8) is 0 Å². The Bertz CT molecular complexity index is 1040. The van der Waals surface area contributed by atoms with Crippen molar-refractivity contribution in [3.8, 4) is 0 Å². The normalized spacial score (nSPS) is 24.6. The maximum absolute atomic E-state index is 13.6. The highest BCUT2D eigenvalue weighted by Gasteiger charge is 2.56. The summed E-state index contributed by atoms with van der Waals surface area (Å²) in [5, 5.41) is -0.275. The van der Waals surface area contributed by atoms with Gasteiger partial charge in [0.15, 0.2) is 16.2 Å². The van der Waals surface area contributed by atoms with Crippen molar-refractivity contribution in [1.29, 1.82) is 0 Å². The quantitative estimate of drug-likeness (QED) is 0.405. The standard InChI is InChI=1S/C26H34N2O3S2/c1-25(2,3)17-12-18-21(33-24(27)28-18)13-20(17)32-22-19(29)14-26(31-23(22)30,15-8-4-5-9-15)16-10-6-7-11-16/h12-13,15-16,22H,4-11,14H2,1-3H3,(H2,27,28). The minimum Gasteiger partial charge on any atom is -0.457 e. The number of benzene rings is 1. The van der Waals surface area contributed by atoms with Crippen LogP contribution in [0.3, 0.4) is 0 Å². The number of hydrogen-bond acceptors (Lipinski definition) is 7. The highest BCUT2D eigenvalue weighted by atomic mass is 32.2. The smallest absolute Gasteiger partial charge is 0.327 e. The predicted molar refractivity (Wildman–Crippen MR) is 135 cm³/mol. The van der Waals surface area contributed by atoms with Crippen LogP contribution in [0.4, 0.5) is 5.13 Å². The molecule has 178 valence electrons. The first-order valence-electron chi connectivity index (χ1n) is 12.3. The summed E-state index contributed by atoms with van der Waals surface area (Å²) >= 11 is 2.79. The molecular weight excluding hydrogens is 452 g/mol. The maximum Gasteiger partial charge on any atom is 0.327 e. The number of fused-ring (bicyclic) bond motifs is 1. The van der Waals surface area contributed by atoms with Crippen LogP contribution in [0.1, 0.15) is 84.1 Å². The first-order valence-corrected chi connectivity index (χ1v) is 14.0. The lowest BCUT2D eigenvalue weighted by Crippen LogP contribution is -2.56. The Morgan fingerprint density at radius 1 is 1.06 bits per heavy atom. The van der Waals surface area contributed by atoms with Crippen LogP contribution in [0.25, 0.3) is 10.2 Å². The number of thiazole rings is 1. The van der Waals surface area contributed by atoms with E-state index < -0.39 is 10.9 Å². The number of nitrogen functional groups attached to an aromatic ring is 1. The third-order valence-corrected chi connectivity index (χ3v) is 10.0. The highest BCUT2D eigenvalue weighted by Crippen LogP contribution is 2.52. The molecular formula is C26H34N2O3S2. The molecule has 33 heavy (non-hydrogen) atoms. The predicted octanol–water partition coefficient (Wildman–Crippen LogP) is 6.27. The van der Waals surface area contributed by atoms with Gasteiger partial charge in [-0.1, -0.05) is 57.8 Å². The lowest BCUT2D eigenvalue weighted by molar-refractivity contribution is -0.185. The van der Waals surface area contributed by atoms with E-state index >= 15 is 0 Å². The number of ether oxygens (including phenoxy) is 1. The van der Waals surface area contributed by atoms with Crippen LogP contribution in [0.2, 0.25) is 0 Å². The fraction of sp³-hybridized carbons (Fsp3) is 0.654. The molecule has 2 aliphatic carbocycles.